The number of guanidine groups is 1. The molecule has 0 bridgehead atoms. The molecule has 0 spiro atoms. The molecule has 1 aromatic carbocycles. The Labute approximate surface area is 193 Å². The average molecular weight is 538 g/mol. The SMILES string of the molecule is CCCCCOc1cc(C)ccc1CNC(=NC)NCC1(CS(C)(=O)=O)CC1.I. The quantitative estimate of drug-likeness (QED) is 0.195. The van der Waals surface area contributed by atoms with Gasteiger partial charge in [0.05, 0.1) is 12.4 Å². The van der Waals surface area contributed by atoms with Crippen LogP contribution in [0.1, 0.15) is 50.2 Å². The largest absolute Gasteiger partial charge is 0.493 e. The number of hydrogen-bond donors (Lipinski definition) is 2. The van der Waals surface area contributed by atoms with Gasteiger partial charge in [-0.2, -0.15) is 0 Å². The number of ether oxygens (including phenoxy) is 1. The smallest absolute Gasteiger partial charge is 0.191 e. The van der Waals surface area contributed by atoms with Gasteiger partial charge >= 0.3 is 0 Å². The van der Waals surface area contributed by atoms with Crippen LogP contribution in [0.2, 0.25) is 0 Å². The average Bonchev–Trinajstić information content (AvgIpc) is 3.38. The van der Waals surface area contributed by atoms with Crippen LogP contribution >= 0.6 is 24.0 Å². The van der Waals surface area contributed by atoms with Crippen LogP contribution in [0.5, 0.6) is 5.75 Å². The highest BCUT2D eigenvalue weighted by molar-refractivity contribution is 14.0. The van der Waals surface area contributed by atoms with E-state index >= 15 is 0 Å². The maximum atomic E-state index is 11.6. The van der Waals surface area contributed by atoms with E-state index < -0.39 is 9.84 Å². The molecule has 0 saturated heterocycles. The van der Waals surface area contributed by atoms with Gasteiger partial charge in [-0.3, -0.25) is 4.99 Å². The van der Waals surface area contributed by atoms with Gasteiger partial charge in [0.1, 0.15) is 15.6 Å². The molecule has 0 unspecified atom stereocenters. The minimum absolute atomic E-state index is 0. The number of nitrogens with one attached hydrogen (secondary N) is 2. The summed E-state index contributed by atoms with van der Waals surface area (Å²) in [5.41, 5.74) is 2.12. The molecular weight excluding hydrogens is 501 g/mol. The first-order valence-corrected chi connectivity index (χ1v) is 12.2. The van der Waals surface area contributed by atoms with E-state index in [4.69, 9.17) is 4.74 Å². The number of aryl methyl sites for hydroxylation is 1. The molecule has 1 aliphatic rings. The molecule has 6 nitrogen and oxygen atoms in total. The molecule has 1 aliphatic carbocycles. The van der Waals surface area contributed by atoms with E-state index in [1.54, 1.807) is 7.05 Å². The topological polar surface area (TPSA) is 79.8 Å². The van der Waals surface area contributed by atoms with Crippen molar-refractivity contribution < 1.29 is 13.2 Å². The van der Waals surface area contributed by atoms with Gasteiger partial charge in [0.2, 0.25) is 0 Å². The van der Waals surface area contributed by atoms with Crippen molar-refractivity contribution >= 4 is 39.8 Å². The van der Waals surface area contributed by atoms with Crippen LogP contribution in [-0.4, -0.2) is 46.6 Å². The van der Waals surface area contributed by atoms with Crippen LogP contribution in [0, 0.1) is 12.3 Å². The fraction of sp³-hybridized carbons (Fsp3) is 0.667. The minimum atomic E-state index is -2.97. The van der Waals surface area contributed by atoms with Crippen molar-refractivity contribution in [2.45, 2.75) is 52.5 Å². The van der Waals surface area contributed by atoms with Gasteiger partial charge in [-0.05, 0) is 37.8 Å². The van der Waals surface area contributed by atoms with Gasteiger partial charge in [0, 0.05) is 37.4 Å². The van der Waals surface area contributed by atoms with E-state index in [2.05, 4.69) is 47.7 Å². The van der Waals surface area contributed by atoms with Crippen LogP contribution in [0.3, 0.4) is 0 Å². The number of sulfone groups is 1. The summed E-state index contributed by atoms with van der Waals surface area (Å²) in [4.78, 5) is 4.27. The predicted octanol–water partition coefficient (Wildman–Crippen LogP) is 3.67. The molecule has 2 rings (SSSR count). The van der Waals surface area contributed by atoms with Gasteiger partial charge < -0.3 is 15.4 Å². The highest BCUT2D eigenvalue weighted by Crippen LogP contribution is 2.45. The third-order valence-electron chi connectivity index (χ3n) is 5.05. The third kappa shape index (κ3) is 9.55. The fourth-order valence-electron chi connectivity index (χ4n) is 3.25. The van der Waals surface area contributed by atoms with Crippen molar-refractivity contribution in [3.8, 4) is 5.75 Å². The standard InChI is InChI=1S/C21H35N3O3S.HI/c1-5-6-7-12-27-19-13-17(2)8-9-18(19)14-23-20(22-3)24-15-21(10-11-21)16-28(4,25)26;/h8-9,13H,5-7,10-12,14-16H2,1-4H3,(H2,22,23,24);1H. The molecule has 0 aromatic heterocycles. The lowest BCUT2D eigenvalue weighted by atomic mass is 10.1. The second kappa shape index (κ2) is 12.0. The molecule has 166 valence electrons. The Morgan fingerprint density at radius 3 is 2.55 bits per heavy atom. The Morgan fingerprint density at radius 1 is 1.24 bits per heavy atom. The third-order valence-corrected chi connectivity index (χ3v) is 6.19. The molecule has 0 amide bonds. The number of unbranched alkanes of at least 4 members (excludes halogenated alkanes) is 2. The Balaban J connectivity index is 0.00000420. The lowest BCUT2D eigenvalue weighted by Crippen LogP contribution is -2.41. The molecule has 0 heterocycles. The number of hydrogen-bond acceptors (Lipinski definition) is 4. The molecular formula is C21H36IN3O3S. The van der Waals surface area contributed by atoms with Crippen molar-refractivity contribution in [2.75, 3.05) is 32.2 Å². The lowest BCUT2D eigenvalue weighted by molar-refractivity contribution is 0.303. The van der Waals surface area contributed by atoms with Crippen molar-refractivity contribution in [2.24, 2.45) is 10.4 Å². The van der Waals surface area contributed by atoms with Crippen molar-refractivity contribution in [1.29, 1.82) is 0 Å². The first-order valence-electron chi connectivity index (χ1n) is 10.1. The molecule has 0 radical (unpaired) electrons. The molecule has 0 atom stereocenters. The summed E-state index contributed by atoms with van der Waals surface area (Å²) in [6.45, 7) is 6.19. The van der Waals surface area contributed by atoms with E-state index in [-0.39, 0.29) is 35.1 Å². The second-order valence-corrected chi connectivity index (χ2v) is 10.2. The predicted molar refractivity (Wildman–Crippen MR) is 131 cm³/mol. The molecule has 8 heteroatoms. The highest BCUT2D eigenvalue weighted by atomic mass is 127. The van der Waals surface area contributed by atoms with Crippen LogP contribution in [-0.2, 0) is 16.4 Å². The van der Waals surface area contributed by atoms with Gasteiger partial charge in [0.25, 0.3) is 0 Å². The Hall–Kier alpha value is -1.03. The molecule has 1 saturated carbocycles. The van der Waals surface area contributed by atoms with Crippen LogP contribution in [0.15, 0.2) is 23.2 Å². The van der Waals surface area contributed by atoms with Gasteiger partial charge in [-0.1, -0.05) is 31.9 Å². The van der Waals surface area contributed by atoms with E-state index in [1.165, 1.54) is 24.7 Å². The minimum Gasteiger partial charge on any atom is -0.493 e. The lowest BCUT2D eigenvalue weighted by Gasteiger charge is -2.19. The molecule has 1 aromatic rings. The van der Waals surface area contributed by atoms with Gasteiger partial charge in [-0.25, -0.2) is 8.42 Å². The second-order valence-electron chi connectivity index (χ2n) is 8.02. The van der Waals surface area contributed by atoms with Crippen molar-refractivity contribution in [3.05, 3.63) is 29.3 Å². The normalized spacial score (nSPS) is 15.4. The van der Waals surface area contributed by atoms with Crippen molar-refractivity contribution in [3.63, 3.8) is 0 Å². The monoisotopic (exact) mass is 537 g/mol. The van der Waals surface area contributed by atoms with E-state index in [0.717, 1.165) is 37.2 Å². The summed E-state index contributed by atoms with van der Waals surface area (Å²) in [5.74, 6) is 1.82. The number of aliphatic imine (C=N–C) groups is 1. The number of benzene rings is 1. The molecule has 0 aliphatic heterocycles. The Kier molecular flexibility index (Phi) is 10.7. The zero-order chi connectivity index (χ0) is 20.6. The molecule has 29 heavy (non-hydrogen) atoms. The van der Waals surface area contributed by atoms with Gasteiger partial charge in [0.15, 0.2) is 5.96 Å². The Morgan fingerprint density at radius 2 is 1.97 bits per heavy atom. The number of nitrogens with zero attached hydrogens (tertiary/aromatic N) is 1. The highest BCUT2D eigenvalue weighted by Gasteiger charge is 2.45. The van der Waals surface area contributed by atoms with Crippen LogP contribution in [0.4, 0.5) is 0 Å². The van der Waals surface area contributed by atoms with Gasteiger partial charge in [-0.15, -0.1) is 24.0 Å². The molecule has 2 N–H and O–H groups in total. The first kappa shape index (κ1) is 26.0. The summed E-state index contributed by atoms with van der Waals surface area (Å²) in [6.07, 6.45) is 6.59. The maximum Gasteiger partial charge on any atom is 0.191 e. The summed E-state index contributed by atoms with van der Waals surface area (Å²) in [5, 5.41) is 6.61. The summed E-state index contributed by atoms with van der Waals surface area (Å²) < 4.78 is 29.2. The number of rotatable bonds is 11. The molecule has 1 fully saturated rings. The van der Waals surface area contributed by atoms with Crippen molar-refractivity contribution in [1.82, 2.24) is 10.6 Å². The summed E-state index contributed by atoms with van der Waals surface area (Å²) in [7, 11) is -1.24. The number of halogens is 1. The van der Waals surface area contributed by atoms with E-state index in [0.29, 0.717) is 19.0 Å². The van der Waals surface area contributed by atoms with E-state index in [1.807, 2.05) is 0 Å². The Bertz CT molecular complexity index is 777. The van der Waals surface area contributed by atoms with Crippen LogP contribution < -0.4 is 15.4 Å². The fourth-order valence-corrected chi connectivity index (χ4v) is 4.76. The summed E-state index contributed by atoms with van der Waals surface area (Å²) in [6, 6.07) is 6.23. The summed E-state index contributed by atoms with van der Waals surface area (Å²) >= 11 is 0. The van der Waals surface area contributed by atoms with Crippen LogP contribution in [0.25, 0.3) is 0 Å². The van der Waals surface area contributed by atoms with E-state index in [9.17, 15) is 8.42 Å². The zero-order valence-corrected chi connectivity index (χ0v) is 21.2. The zero-order valence-electron chi connectivity index (χ0n) is 18.1. The first-order chi connectivity index (χ1) is 13.3. The maximum absolute atomic E-state index is 11.6.